The minimum atomic E-state index is -0.453. The first-order valence-corrected chi connectivity index (χ1v) is 12.6. The molecule has 2 aliphatic rings. The number of rotatable bonds is 10. The van der Waals surface area contributed by atoms with Crippen LogP contribution >= 0.6 is 11.6 Å². The summed E-state index contributed by atoms with van der Waals surface area (Å²) in [5, 5.41) is 20.4. The number of methoxy groups -OCH3 is 1. The molecule has 3 heterocycles. The summed E-state index contributed by atoms with van der Waals surface area (Å²) in [6.07, 6.45) is 8.90. The number of anilines is 2. The maximum absolute atomic E-state index is 9.69. The Kier molecular flexibility index (Phi) is 9.04. The molecule has 0 unspecified atom stereocenters. The molecule has 1 aliphatic heterocycles. The predicted octanol–water partition coefficient (Wildman–Crippen LogP) is 3.28. The molecule has 188 valence electrons. The van der Waals surface area contributed by atoms with E-state index in [1.54, 1.807) is 25.6 Å². The summed E-state index contributed by atoms with van der Waals surface area (Å²) >= 11 is 6.42. The van der Waals surface area contributed by atoms with E-state index in [1.807, 2.05) is 0 Å². The van der Waals surface area contributed by atoms with Crippen LogP contribution in [0.4, 0.5) is 11.8 Å². The third-order valence-corrected chi connectivity index (χ3v) is 6.98. The summed E-state index contributed by atoms with van der Waals surface area (Å²) in [5.41, 5.74) is 0.0227. The lowest BCUT2D eigenvalue weighted by molar-refractivity contribution is 0.0455. The Morgan fingerprint density at radius 2 is 1.94 bits per heavy atom. The molecular weight excluding hydrogens is 468 g/mol. The Morgan fingerprint density at radius 3 is 2.69 bits per heavy atom. The normalized spacial score (nSPS) is 21.7. The first-order chi connectivity index (χ1) is 17.1. The van der Waals surface area contributed by atoms with Crippen LogP contribution in [0, 0.1) is 16.7 Å². The third-order valence-electron chi connectivity index (χ3n) is 6.71. The van der Waals surface area contributed by atoms with Crippen LogP contribution in [-0.4, -0.2) is 72.0 Å². The molecular formula is C24H33ClN8O2. The molecule has 2 aromatic rings. The number of halogens is 1. The largest absolute Gasteiger partial charge is 0.383 e. The topological polar surface area (TPSA) is 130 Å². The van der Waals surface area contributed by atoms with Crippen LogP contribution in [0.3, 0.4) is 0 Å². The van der Waals surface area contributed by atoms with Gasteiger partial charge in [0.05, 0.1) is 29.3 Å². The molecule has 11 heteroatoms. The Morgan fingerprint density at radius 1 is 1.17 bits per heavy atom. The summed E-state index contributed by atoms with van der Waals surface area (Å²) in [6.45, 7) is 3.30. The van der Waals surface area contributed by atoms with E-state index in [1.165, 1.54) is 0 Å². The fraction of sp³-hybridized carbons (Fsp3) is 0.625. The zero-order valence-corrected chi connectivity index (χ0v) is 20.9. The molecule has 2 fully saturated rings. The minimum absolute atomic E-state index is 0.306. The fourth-order valence-electron chi connectivity index (χ4n) is 4.50. The maximum atomic E-state index is 9.69. The summed E-state index contributed by atoms with van der Waals surface area (Å²) < 4.78 is 10.5. The Balaban J connectivity index is 1.38. The van der Waals surface area contributed by atoms with E-state index in [0.29, 0.717) is 73.0 Å². The first-order valence-electron chi connectivity index (χ1n) is 12.2. The number of nitriles is 1. The van der Waals surface area contributed by atoms with Gasteiger partial charge in [-0.15, -0.1) is 0 Å². The molecule has 0 bridgehead atoms. The molecule has 0 spiro atoms. The summed E-state index contributed by atoms with van der Waals surface area (Å²) in [6, 6.07) is 5.07. The average molecular weight is 501 g/mol. The third kappa shape index (κ3) is 6.98. The summed E-state index contributed by atoms with van der Waals surface area (Å²) in [7, 11) is 1.72. The molecule has 0 radical (unpaired) electrons. The molecule has 1 aliphatic carbocycles. The number of hydrogen-bond acceptors (Lipinski definition) is 10. The minimum Gasteiger partial charge on any atom is -0.383 e. The van der Waals surface area contributed by atoms with Gasteiger partial charge in [-0.3, -0.25) is 0 Å². The van der Waals surface area contributed by atoms with Crippen LogP contribution in [0.5, 0.6) is 0 Å². The number of ether oxygens (including phenoxy) is 2. The highest BCUT2D eigenvalue weighted by Gasteiger charge is 2.32. The number of nitrogens with one attached hydrogen (secondary N) is 3. The Bertz CT molecular complexity index is 1000. The van der Waals surface area contributed by atoms with E-state index in [-0.39, 0.29) is 0 Å². The van der Waals surface area contributed by atoms with Crippen molar-refractivity contribution in [1.82, 2.24) is 25.3 Å². The second-order valence-corrected chi connectivity index (χ2v) is 9.56. The molecule has 1 saturated heterocycles. The van der Waals surface area contributed by atoms with Gasteiger partial charge < -0.3 is 25.4 Å². The average Bonchev–Trinajstić information content (AvgIpc) is 2.90. The lowest BCUT2D eigenvalue weighted by Crippen LogP contribution is -2.38. The maximum Gasteiger partial charge on any atom is 0.223 e. The molecule has 35 heavy (non-hydrogen) atoms. The highest BCUT2D eigenvalue weighted by atomic mass is 35.5. The second kappa shape index (κ2) is 12.4. The van der Waals surface area contributed by atoms with E-state index in [9.17, 15) is 5.26 Å². The van der Waals surface area contributed by atoms with E-state index in [4.69, 9.17) is 21.1 Å². The Labute approximate surface area is 211 Å². The molecule has 0 amide bonds. The quantitative estimate of drug-likeness (QED) is 0.418. The predicted molar refractivity (Wildman–Crippen MR) is 134 cm³/mol. The van der Waals surface area contributed by atoms with Crippen molar-refractivity contribution in [3.05, 3.63) is 23.5 Å². The molecule has 4 rings (SSSR count). The zero-order chi connectivity index (χ0) is 24.5. The van der Waals surface area contributed by atoms with Gasteiger partial charge in [0.2, 0.25) is 5.95 Å². The van der Waals surface area contributed by atoms with Crippen LogP contribution in [0.2, 0.25) is 5.02 Å². The highest BCUT2D eigenvalue weighted by Crippen LogP contribution is 2.30. The van der Waals surface area contributed by atoms with Crippen molar-refractivity contribution in [3.63, 3.8) is 0 Å². The monoisotopic (exact) mass is 500 g/mol. The molecule has 0 aromatic carbocycles. The lowest BCUT2D eigenvalue weighted by Gasteiger charge is -2.30. The van der Waals surface area contributed by atoms with Gasteiger partial charge in [0.1, 0.15) is 11.5 Å². The van der Waals surface area contributed by atoms with Gasteiger partial charge >= 0.3 is 0 Å². The van der Waals surface area contributed by atoms with Gasteiger partial charge in [-0.25, -0.2) is 19.9 Å². The van der Waals surface area contributed by atoms with Gasteiger partial charge in [-0.05, 0) is 44.6 Å². The molecule has 10 nitrogen and oxygen atoms in total. The SMILES string of the molecule is COCCNC1CCC(Nc2ncc(Cl)c(-c3nccc(NCC4(C#N)CCOCC4)n3)n2)CC1. The van der Waals surface area contributed by atoms with Crippen molar-refractivity contribution in [2.24, 2.45) is 5.41 Å². The number of aromatic nitrogens is 4. The van der Waals surface area contributed by atoms with Crippen LogP contribution in [0.1, 0.15) is 38.5 Å². The van der Waals surface area contributed by atoms with Crippen molar-refractivity contribution in [3.8, 4) is 17.6 Å². The van der Waals surface area contributed by atoms with Crippen molar-refractivity contribution in [1.29, 1.82) is 5.26 Å². The van der Waals surface area contributed by atoms with Crippen molar-refractivity contribution in [2.75, 3.05) is 50.7 Å². The van der Waals surface area contributed by atoms with Crippen LogP contribution in [-0.2, 0) is 9.47 Å². The summed E-state index contributed by atoms with van der Waals surface area (Å²) in [4.78, 5) is 18.0. The van der Waals surface area contributed by atoms with Crippen LogP contribution in [0.25, 0.3) is 11.5 Å². The van der Waals surface area contributed by atoms with Crippen molar-refractivity contribution in [2.45, 2.75) is 50.6 Å². The van der Waals surface area contributed by atoms with E-state index in [2.05, 4.69) is 42.0 Å². The Hall–Kier alpha value is -2.58. The van der Waals surface area contributed by atoms with Crippen molar-refractivity contribution >= 4 is 23.4 Å². The van der Waals surface area contributed by atoms with Crippen molar-refractivity contribution < 1.29 is 9.47 Å². The highest BCUT2D eigenvalue weighted by molar-refractivity contribution is 6.32. The van der Waals surface area contributed by atoms with Gasteiger partial charge in [0.15, 0.2) is 5.82 Å². The van der Waals surface area contributed by atoms with E-state index >= 15 is 0 Å². The number of hydrogen-bond donors (Lipinski definition) is 3. The van der Waals surface area contributed by atoms with E-state index < -0.39 is 5.41 Å². The lowest BCUT2D eigenvalue weighted by atomic mass is 9.82. The fourth-order valence-corrected chi connectivity index (χ4v) is 4.68. The van der Waals surface area contributed by atoms with Gasteiger partial charge in [0.25, 0.3) is 0 Å². The molecule has 0 atom stereocenters. The van der Waals surface area contributed by atoms with E-state index in [0.717, 1.165) is 38.8 Å². The van der Waals surface area contributed by atoms with Gasteiger partial charge in [-0.1, -0.05) is 11.6 Å². The standard InChI is InChI=1S/C24H33ClN8O2/c1-34-13-10-27-17-2-4-18(5-3-17)31-23-29-14-19(25)21(33-23)22-28-9-6-20(32-22)30-16-24(15-26)7-11-35-12-8-24/h6,9,14,17-18,27H,2-5,7-8,10-13,16H2,1H3,(H,28,30,32)(H,29,31,33). The molecule has 2 aromatic heterocycles. The van der Waals surface area contributed by atoms with Crippen LogP contribution < -0.4 is 16.0 Å². The van der Waals surface area contributed by atoms with Gasteiger partial charge in [-0.2, -0.15) is 5.26 Å². The second-order valence-electron chi connectivity index (χ2n) is 9.15. The number of nitrogens with zero attached hydrogens (tertiary/aromatic N) is 5. The molecule has 1 saturated carbocycles. The summed E-state index contributed by atoms with van der Waals surface area (Å²) in [5.74, 6) is 1.56. The molecule has 3 N–H and O–H groups in total. The van der Waals surface area contributed by atoms with Crippen LogP contribution in [0.15, 0.2) is 18.5 Å². The van der Waals surface area contributed by atoms with Gasteiger partial charge in [0, 0.05) is 51.7 Å². The smallest absolute Gasteiger partial charge is 0.223 e. The first kappa shape index (κ1) is 25.5. The zero-order valence-electron chi connectivity index (χ0n) is 20.1.